The second-order valence-electron chi connectivity index (χ2n) is 6.77. The van der Waals surface area contributed by atoms with Gasteiger partial charge in [0.1, 0.15) is 10.3 Å². The van der Waals surface area contributed by atoms with Crippen molar-refractivity contribution in [2.45, 2.75) is 68.8 Å². The van der Waals surface area contributed by atoms with Crippen LogP contribution < -0.4 is 0 Å². The molecule has 0 aliphatic rings. The molecule has 2 rings (SSSR count). The molecule has 148 valence electrons. The summed E-state index contributed by atoms with van der Waals surface area (Å²) in [5.41, 5.74) is 1.34. The molecule has 6 nitrogen and oxygen atoms in total. The Bertz CT molecular complexity index is 742. The molecule has 0 fully saturated rings. The highest BCUT2D eigenvalue weighted by Crippen LogP contribution is 2.46. The molecule has 2 N–H and O–H groups in total. The zero-order chi connectivity index (χ0) is 19.9. The van der Waals surface area contributed by atoms with Crippen molar-refractivity contribution in [2.24, 2.45) is 5.92 Å². The van der Waals surface area contributed by atoms with Gasteiger partial charge < -0.3 is 14.6 Å². The highest BCUT2D eigenvalue weighted by atomic mass is 32.2. The Labute approximate surface area is 163 Å². The average molecular weight is 394 g/mol. The zero-order valence-electron chi connectivity index (χ0n) is 15.8. The number of oxazole rings is 1. The van der Waals surface area contributed by atoms with Crippen LogP contribution in [0.2, 0.25) is 0 Å². The van der Waals surface area contributed by atoms with Crippen LogP contribution in [0, 0.1) is 5.92 Å². The van der Waals surface area contributed by atoms with Crippen LogP contribution in [0.25, 0.3) is 11.1 Å². The standard InChI is InChI=1S/C20H27NO5S/c1-3-8-14(9-7-12-17(22)23)20(13-4-2,18(24)25)27-19-21-15-10-5-6-11-16(15)26-19/h5-6,10-11,14H,3-4,7-9,12-13H2,1-2H3,(H,22,23)(H,24,25). The lowest BCUT2D eigenvalue weighted by molar-refractivity contribution is -0.142. The third kappa shape index (κ3) is 5.25. The Hall–Kier alpha value is -2.02. The number of carboxylic acid groups (broad SMARTS) is 2. The predicted molar refractivity (Wildman–Crippen MR) is 105 cm³/mol. The molecule has 0 amide bonds. The number of fused-ring (bicyclic) bond motifs is 1. The van der Waals surface area contributed by atoms with Crippen LogP contribution in [-0.2, 0) is 9.59 Å². The Balaban J connectivity index is 2.35. The summed E-state index contributed by atoms with van der Waals surface area (Å²) < 4.78 is 4.71. The molecule has 0 aliphatic carbocycles. The molecule has 2 atom stereocenters. The summed E-state index contributed by atoms with van der Waals surface area (Å²) >= 11 is 1.18. The van der Waals surface area contributed by atoms with Gasteiger partial charge in [0.25, 0.3) is 5.22 Å². The second-order valence-corrected chi connectivity index (χ2v) is 8.05. The molecule has 1 heterocycles. The van der Waals surface area contributed by atoms with Crippen LogP contribution in [0.4, 0.5) is 0 Å². The van der Waals surface area contributed by atoms with Gasteiger partial charge in [0.05, 0.1) is 0 Å². The number of carbonyl (C=O) groups is 2. The Morgan fingerprint density at radius 2 is 1.93 bits per heavy atom. The first kappa shape index (κ1) is 21.3. The molecule has 0 radical (unpaired) electrons. The van der Waals surface area contributed by atoms with Crippen molar-refractivity contribution in [3.05, 3.63) is 24.3 Å². The molecule has 2 unspecified atom stereocenters. The lowest BCUT2D eigenvalue weighted by Gasteiger charge is -2.35. The van der Waals surface area contributed by atoms with Crippen molar-refractivity contribution in [3.8, 4) is 0 Å². The van der Waals surface area contributed by atoms with Crippen LogP contribution in [0.1, 0.15) is 58.8 Å². The van der Waals surface area contributed by atoms with Gasteiger partial charge in [-0.05, 0) is 55.5 Å². The van der Waals surface area contributed by atoms with Crippen LogP contribution in [0.3, 0.4) is 0 Å². The smallest absolute Gasteiger partial charge is 0.320 e. The van der Waals surface area contributed by atoms with Crippen molar-refractivity contribution in [1.29, 1.82) is 0 Å². The van der Waals surface area contributed by atoms with Crippen LogP contribution in [0.5, 0.6) is 0 Å². The van der Waals surface area contributed by atoms with Crippen LogP contribution in [0.15, 0.2) is 33.9 Å². The summed E-state index contributed by atoms with van der Waals surface area (Å²) in [6.07, 6.45) is 3.81. The summed E-state index contributed by atoms with van der Waals surface area (Å²) in [6.45, 7) is 3.98. The van der Waals surface area contributed by atoms with Crippen LogP contribution in [-0.4, -0.2) is 31.9 Å². The van der Waals surface area contributed by atoms with E-state index in [4.69, 9.17) is 9.52 Å². The first-order valence-electron chi connectivity index (χ1n) is 9.42. The van der Waals surface area contributed by atoms with E-state index in [0.29, 0.717) is 42.0 Å². The number of benzene rings is 1. The highest BCUT2D eigenvalue weighted by molar-refractivity contribution is 8.01. The molecular formula is C20H27NO5S. The molecule has 0 aliphatic heterocycles. The largest absolute Gasteiger partial charge is 0.481 e. The van der Waals surface area contributed by atoms with Crippen molar-refractivity contribution >= 4 is 34.8 Å². The molecule has 0 saturated heterocycles. The Morgan fingerprint density at radius 1 is 1.19 bits per heavy atom. The van der Waals surface area contributed by atoms with Gasteiger partial charge in [-0.25, -0.2) is 4.98 Å². The monoisotopic (exact) mass is 393 g/mol. The minimum Gasteiger partial charge on any atom is -0.481 e. The lowest BCUT2D eigenvalue weighted by atomic mass is 9.81. The van der Waals surface area contributed by atoms with E-state index in [1.54, 1.807) is 0 Å². The molecule has 1 aromatic carbocycles. The SMILES string of the molecule is CCCC(CCCC(=O)O)C(CCC)(Sc1nc2ccccc2o1)C(=O)O. The number of rotatable bonds is 12. The number of para-hydroxylation sites is 2. The number of hydrogen-bond acceptors (Lipinski definition) is 5. The zero-order valence-corrected chi connectivity index (χ0v) is 16.6. The van der Waals surface area contributed by atoms with Gasteiger partial charge in [0, 0.05) is 6.42 Å². The fraction of sp³-hybridized carbons (Fsp3) is 0.550. The fourth-order valence-electron chi connectivity index (χ4n) is 3.54. The molecule has 7 heteroatoms. The number of nitrogens with zero attached hydrogens (tertiary/aromatic N) is 1. The Morgan fingerprint density at radius 3 is 2.52 bits per heavy atom. The van der Waals surface area contributed by atoms with E-state index in [0.717, 1.165) is 12.8 Å². The molecule has 0 saturated carbocycles. The topological polar surface area (TPSA) is 101 Å². The Kier molecular flexibility index (Phi) is 7.71. The predicted octanol–water partition coefficient (Wildman–Crippen LogP) is 5.21. The van der Waals surface area contributed by atoms with E-state index in [9.17, 15) is 14.7 Å². The van der Waals surface area contributed by atoms with Gasteiger partial charge in [-0.1, -0.05) is 38.8 Å². The molecular weight excluding hydrogens is 366 g/mol. The van der Waals surface area contributed by atoms with Gasteiger partial charge in [-0.3, -0.25) is 9.59 Å². The third-order valence-corrected chi connectivity index (χ3v) is 6.19. The first-order chi connectivity index (χ1) is 12.9. The minimum atomic E-state index is -1.08. The molecule has 27 heavy (non-hydrogen) atoms. The van der Waals surface area contributed by atoms with E-state index in [1.807, 2.05) is 38.1 Å². The van der Waals surface area contributed by atoms with Crippen molar-refractivity contribution < 1.29 is 24.2 Å². The molecule has 0 spiro atoms. The van der Waals surface area contributed by atoms with Gasteiger partial charge in [-0.2, -0.15) is 0 Å². The van der Waals surface area contributed by atoms with E-state index >= 15 is 0 Å². The fourth-order valence-corrected chi connectivity index (χ4v) is 4.93. The van der Waals surface area contributed by atoms with Crippen molar-refractivity contribution in [2.75, 3.05) is 0 Å². The maximum absolute atomic E-state index is 12.4. The number of thioether (sulfide) groups is 1. The number of aliphatic carboxylic acids is 2. The summed E-state index contributed by atoms with van der Waals surface area (Å²) in [7, 11) is 0. The first-order valence-corrected chi connectivity index (χ1v) is 10.2. The van der Waals surface area contributed by atoms with E-state index in [2.05, 4.69) is 4.98 Å². The molecule has 1 aromatic heterocycles. The maximum atomic E-state index is 12.4. The summed E-state index contributed by atoms with van der Waals surface area (Å²) in [4.78, 5) is 27.8. The number of aromatic nitrogens is 1. The van der Waals surface area contributed by atoms with Crippen molar-refractivity contribution in [3.63, 3.8) is 0 Å². The highest BCUT2D eigenvalue weighted by Gasteiger charge is 2.46. The van der Waals surface area contributed by atoms with E-state index in [1.165, 1.54) is 11.8 Å². The van der Waals surface area contributed by atoms with Crippen LogP contribution >= 0.6 is 11.8 Å². The molecule has 0 bridgehead atoms. The quantitative estimate of drug-likeness (QED) is 0.477. The van der Waals surface area contributed by atoms with Gasteiger partial charge in [0.15, 0.2) is 5.58 Å². The lowest BCUT2D eigenvalue weighted by Crippen LogP contribution is -2.43. The van der Waals surface area contributed by atoms with E-state index < -0.39 is 16.7 Å². The number of hydrogen-bond donors (Lipinski definition) is 2. The summed E-state index contributed by atoms with van der Waals surface area (Å²) in [5, 5.41) is 19.5. The normalized spacial score (nSPS) is 14.7. The maximum Gasteiger partial charge on any atom is 0.320 e. The average Bonchev–Trinajstić information content (AvgIpc) is 3.02. The third-order valence-electron chi connectivity index (χ3n) is 4.77. The summed E-state index contributed by atoms with van der Waals surface area (Å²) in [5.74, 6) is -1.89. The molecule has 2 aromatic rings. The van der Waals surface area contributed by atoms with Gasteiger partial charge in [-0.15, -0.1) is 0 Å². The minimum absolute atomic E-state index is 0.0512. The van der Waals surface area contributed by atoms with E-state index in [-0.39, 0.29) is 12.3 Å². The van der Waals surface area contributed by atoms with Gasteiger partial charge >= 0.3 is 11.9 Å². The second kappa shape index (κ2) is 9.78. The number of carboxylic acids is 2. The summed E-state index contributed by atoms with van der Waals surface area (Å²) in [6, 6.07) is 7.36. The van der Waals surface area contributed by atoms with Gasteiger partial charge in [0.2, 0.25) is 0 Å². The van der Waals surface area contributed by atoms with Crippen molar-refractivity contribution in [1.82, 2.24) is 4.98 Å².